The lowest BCUT2D eigenvalue weighted by Crippen LogP contribution is -2.47. The molecule has 5 nitrogen and oxygen atoms in total. The van der Waals surface area contributed by atoms with Crippen molar-refractivity contribution < 1.29 is 9.18 Å². The van der Waals surface area contributed by atoms with Crippen LogP contribution in [0.2, 0.25) is 5.02 Å². The minimum Gasteiger partial charge on any atom is -0.313 e. The Morgan fingerprint density at radius 2 is 2.13 bits per heavy atom. The number of rotatable bonds is 4. The molecule has 5 rings (SSSR count). The number of amides is 1. The highest BCUT2D eigenvalue weighted by atomic mass is 35.5. The predicted molar refractivity (Wildman–Crippen MR) is 116 cm³/mol. The highest BCUT2D eigenvalue weighted by Gasteiger charge is 2.45. The molecule has 3 aromatic rings. The monoisotopic (exact) mass is 424 g/mol. The van der Waals surface area contributed by atoms with Crippen molar-refractivity contribution in [3.63, 3.8) is 0 Å². The van der Waals surface area contributed by atoms with E-state index < -0.39 is 11.6 Å². The van der Waals surface area contributed by atoms with Gasteiger partial charge in [-0.3, -0.25) is 9.48 Å². The first-order valence-corrected chi connectivity index (χ1v) is 10.5. The fourth-order valence-electron chi connectivity index (χ4n) is 4.37. The zero-order valence-electron chi connectivity index (χ0n) is 16.4. The summed E-state index contributed by atoms with van der Waals surface area (Å²) in [5.41, 5.74) is 3.17. The van der Waals surface area contributed by atoms with Crippen LogP contribution in [0.15, 0.2) is 54.7 Å². The molecule has 30 heavy (non-hydrogen) atoms. The van der Waals surface area contributed by atoms with Gasteiger partial charge in [-0.15, -0.1) is 0 Å². The van der Waals surface area contributed by atoms with E-state index in [1.54, 1.807) is 11.1 Å². The molecule has 0 radical (unpaired) electrons. The van der Waals surface area contributed by atoms with Crippen molar-refractivity contribution in [2.75, 3.05) is 24.5 Å². The van der Waals surface area contributed by atoms with Crippen molar-refractivity contribution in [1.29, 1.82) is 0 Å². The van der Waals surface area contributed by atoms with Crippen LogP contribution in [0.25, 0.3) is 11.3 Å². The molecule has 2 aromatic carbocycles. The largest absolute Gasteiger partial charge is 0.313 e. The molecule has 7 heteroatoms. The van der Waals surface area contributed by atoms with Crippen molar-refractivity contribution in [3.05, 3.63) is 70.9 Å². The standard InChI is InChI=1S/C23H22ClFN4O/c24-19-3-1-2-16(12-19)14-29-21(6-9-27-29)17-4-5-20-18(13-17)7-11-28(20)22(30)23(25)8-10-26-15-23/h1-6,9,12-13,26H,7-8,10-11,14-15H2. The third kappa shape index (κ3) is 3.40. The van der Waals surface area contributed by atoms with E-state index in [-0.39, 0.29) is 13.0 Å². The van der Waals surface area contributed by atoms with Crippen LogP contribution in [0.1, 0.15) is 17.5 Å². The predicted octanol–water partition coefficient (Wildman–Crippen LogP) is 3.84. The molecular weight excluding hydrogens is 403 g/mol. The average Bonchev–Trinajstić information content (AvgIpc) is 3.47. The molecule has 1 unspecified atom stereocenters. The summed E-state index contributed by atoms with van der Waals surface area (Å²) in [7, 11) is 0. The van der Waals surface area contributed by atoms with Gasteiger partial charge in [0.1, 0.15) is 0 Å². The summed E-state index contributed by atoms with van der Waals surface area (Å²) in [5.74, 6) is -0.426. The highest BCUT2D eigenvalue weighted by Crippen LogP contribution is 2.35. The number of hydrogen-bond acceptors (Lipinski definition) is 3. The summed E-state index contributed by atoms with van der Waals surface area (Å²) in [6.45, 7) is 1.77. The van der Waals surface area contributed by atoms with E-state index in [4.69, 9.17) is 11.6 Å². The number of hydrogen-bond donors (Lipinski definition) is 1. The number of nitrogens with one attached hydrogen (secondary N) is 1. The van der Waals surface area contributed by atoms with Crippen LogP contribution in [0.3, 0.4) is 0 Å². The van der Waals surface area contributed by atoms with Crippen LogP contribution in [0.5, 0.6) is 0 Å². The molecule has 0 aliphatic carbocycles. The van der Waals surface area contributed by atoms with E-state index in [1.165, 1.54) is 0 Å². The number of anilines is 1. The molecule has 1 aromatic heterocycles. The number of nitrogens with zero attached hydrogens (tertiary/aromatic N) is 3. The first kappa shape index (κ1) is 19.3. The second-order valence-corrected chi connectivity index (χ2v) is 8.38. The van der Waals surface area contributed by atoms with E-state index in [9.17, 15) is 9.18 Å². The summed E-state index contributed by atoms with van der Waals surface area (Å²) in [4.78, 5) is 14.4. The maximum absolute atomic E-state index is 15.0. The second kappa shape index (κ2) is 7.52. The van der Waals surface area contributed by atoms with Crippen LogP contribution in [-0.4, -0.2) is 41.0 Å². The lowest BCUT2D eigenvalue weighted by molar-refractivity contribution is -0.128. The van der Waals surface area contributed by atoms with Crippen LogP contribution >= 0.6 is 11.6 Å². The SMILES string of the molecule is O=C(N1CCc2cc(-c3ccnn3Cc3cccc(Cl)c3)ccc21)C1(F)CCNC1. The molecule has 1 fully saturated rings. The van der Waals surface area contributed by atoms with E-state index in [1.807, 2.05) is 47.1 Å². The number of carbonyl (C=O) groups excluding carboxylic acids is 1. The highest BCUT2D eigenvalue weighted by molar-refractivity contribution is 6.30. The minimum atomic E-state index is -1.80. The molecule has 1 atom stereocenters. The van der Waals surface area contributed by atoms with Gasteiger partial charge >= 0.3 is 0 Å². The van der Waals surface area contributed by atoms with E-state index in [2.05, 4.69) is 16.5 Å². The summed E-state index contributed by atoms with van der Waals surface area (Å²) >= 11 is 6.11. The molecule has 1 saturated heterocycles. The molecule has 0 spiro atoms. The molecule has 2 aliphatic heterocycles. The molecule has 154 valence electrons. The van der Waals surface area contributed by atoms with Gasteiger partial charge in [0.05, 0.1) is 12.2 Å². The number of carbonyl (C=O) groups is 1. The van der Waals surface area contributed by atoms with Crippen molar-refractivity contribution in [1.82, 2.24) is 15.1 Å². The number of aromatic nitrogens is 2. The van der Waals surface area contributed by atoms with Gasteiger partial charge in [-0.05, 0) is 54.4 Å². The van der Waals surface area contributed by atoms with Crippen LogP contribution in [0, 0.1) is 0 Å². The Morgan fingerprint density at radius 1 is 1.23 bits per heavy atom. The fraction of sp³-hybridized carbons (Fsp3) is 0.304. The normalized spacial score (nSPS) is 20.5. The maximum atomic E-state index is 15.0. The average molecular weight is 425 g/mol. The molecule has 1 N–H and O–H groups in total. The maximum Gasteiger partial charge on any atom is 0.266 e. The quantitative estimate of drug-likeness (QED) is 0.692. The molecule has 3 heterocycles. The first-order chi connectivity index (χ1) is 14.5. The first-order valence-electron chi connectivity index (χ1n) is 10.1. The summed E-state index contributed by atoms with van der Waals surface area (Å²) < 4.78 is 16.9. The van der Waals surface area contributed by atoms with Crippen LogP contribution in [-0.2, 0) is 17.8 Å². The lowest BCUT2D eigenvalue weighted by atomic mass is 10.0. The van der Waals surface area contributed by atoms with E-state index >= 15 is 0 Å². The minimum absolute atomic E-state index is 0.0957. The van der Waals surface area contributed by atoms with E-state index in [0.29, 0.717) is 24.7 Å². The third-order valence-electron chi connectivity index (χ3n) is 5.94. The van der Waals surface area contributed by atoms with Crippen molar-refractivity contribution >= 4 is 23.2 Å². The number of alkyl halides is 1. The molecule has 2 aliphatic rings. The van der Waals surface area contributed by atoms with Gasteiger partial charge in [0.15, 0.2) is 0 Å². The summed E-state index contributed by atoms with van der Waals surface area (Å²) in [5, 5.41) is 8.13. The van der Waals surface area contributed by atoms with Crippen molar-refractivity contribution in [2.45, 2.75) is 25.1 Å². The number of fused-ring (bicyclic) bond motifs is 1. The molecule has 1 amide bonds. The summed E-state index contributed by atoms with van der Waals surface area (Å²) in [6.07, 6.45) is 2.74. The Kier molecular flexibility index (Phi) is 4.83. The number of benzene rings is 2. The van der Waals surface area contributed by atoms with Gasteiger partial charge in [0, 0.05) is 42.0 Å². The van der Waals surface area contributed by atoms with Gasteiger partial charge in [-0.25, -0.2) is 4.39 Å². The topological polar surface area (TPSA) is 50.2 Å². The second-order valence-electron chi connectivity index (χ2n) is 7.95. The van der Waals surface area contributed by atoms with Gasteiger partial charge in [0.25, 0.3) is 5.91 Å². The molecule has 0 bridgehead atoms. The zero-order valence-corrected chi connectivity index (χ0v) is 17.2. The smallest absolute Gasteiger partial charge is 0.266 e. The van der Waals surface area contributed by atoms with Crippen molar-refractivity contribution in [3.8, 4) is 11.3 Å². The molecular formula is C23H22ClFN4O. The van der Waals surface area contributed by atoms with Gasteiger partial charge in [-0.2, -0.15) is 5.10 Å². The number of halogens is 2. The Balaban J connectivity index is 1.41. The Morgan fingerprint density at radius 3 is 2.93 bits per heavy atom. The fourth-order valence-corrected chi connectivity index (χ4v) is 4.58. The van der Waals surface area contributed by atoms with Gasteiger partial charge in [-0.1, -0.05) is 29.8 Å². The Bertz CT molecular complexity index is 1110. The van der Waals surface area contributed by atoms with Crippen LogP contribution in [0.4, 0.5) is 10.1 Å². The third-order valence-corrected chi connectivity index (χ3v) is 6.18. The molecule has 0 saturated carbocycles. The zero-order chi connectivity index (χ0) is 20.7. The van der Waals surface area contributed by atoms with Crippen molar-refractivity contribution in [2.24, 2.45) is 0 Å². The van der Waals surface area contributed by atoms with E-state index in [0.717, 1.165) is 34.5 Å². The van der Waals surface area contributed by atoms with Gasteiger partial charge in [0.2, 0.25) is 5.67 Å². The lowest BCUT2D eigenvalue weighted by Gasteiger charge is -2.25. The van der Waals surface area contributed by atoms with Gasteiger partial charge < -0.3 is 10.2 Å². The van der Waals surface area contributed by atoms with Crippen LogP contribution < -0.4 is 10.2 Å². The Labute approximate surface area is 179 Å². The summed E-state index contributed by atoms with van der Waals surface area (Å²) in [6, 6.07) is 15.7. The Hall–Kier alpha value is -2.70.